The third kappa shape index (κ3) is 3.17. The Kier molecular flexibility index (Phi) is 4.26. The molecule has 0 bridgehead atoms. The zero-order valence-electron chi connectivity index (χ0n) is 11.4. The summed E-state index contributed by atoms with van der Waals surface area (Å²) >= 11 is 13.4. The van der Waals surface area contributed by atoms with Crippen LogP contribution < -0.4 is 10.4 Å². The summed E-state index contributed by atoms with van der Waals surface area (Å²) in [4.78, 5) is 23.6. The van der Waals surface area contributed by atoms with Crippen molar-refractivity contribution >= 4 is 62.2 Å². The molecule has 0 aliphatic carbocycles. The molecule has 4 nitrogen and oxygen atoms in total. The number of hydrogen-bond donors (Lipinski definition) is 1. The Morgan fingerprint density at radius 2 is 1.87 bits per heavy atom. The molecule has 3 aromatic rings. The Morgan fingerprint density at radius 3 is 2.61 bits per heavy atom. The van der Waals surface area contributed by atoms with Gasteiger partial charge in [0.1, 0.15) is 4.88 Å². The number of carboxylic acid groups (broad SMARTS) is 1. The number of rotatable bonds is 3. The molecule has 0 atom stereocenters. The molecule has 2 aromatic carbocycles. The van der Waals surface area contributed by atoms with Crippen LogP contribution in [-0.4, -0.2) is 11.9 Å². The maximum absolute atomic E-state index is 12.4. The van der Waals surface area contributed by atoms with Crippen molar-refractivity contribution in [2.75, 3.05) is 5.32 Å². The molecule has 1 N–H and O–H groups in total. The van der Waals surface area contributed by atoms with Gasteiger partial charge in [-0.2, -0.15) is 0 Å². The van der Waals surface area contributed by atoms with E-state index < -0.39 is 11.9 Å². The highest BCUT2D eigenvalue weighted by molar-refractivity contribution is 7.21. The van der Waals surface area contributed by atoms with Crippen molar-refractivity contribution in [1.82, 2.24) is 0 Å². The topological polar surface area (TPSA) is 69.2 Å². The van der Waals surface area contributed by atoms with Crippen LogP contribution >= 0.6 is 34.5 Å². The van der Waals surface area contributed by atoms with E-state index in [2.05, 4.69) is 5.32 Å². The zero-order valence-corrected chi connectivity index (χ0v) is 13.8. The maximum atomic E-state index is 12.4. The van der Waals surface area contributed by atoms with Crippen LogP contribution in [0.3, 0.4) is 0 Å². The fourth-order valence-corrected chi connectivity index (χ4v) is 3.79. The number of carboxylic acids is 1. The molecular formula is C16H8Cl2NO3S-. The Hall–Kier alpha value is -2.08. The van der Waals surface area contributed by atoms with Crippen molar-refractivity contribution in [1.29, 1.82) is 0 Å². The lowest BCUT2D eigenvalue weighted by molar-refractivity contribution is -0.255. The SMILES string of the molecule is O=C([O-])c1cccc(NC(=O)c2sc3cc(Cl)ccc3c2Cl)c1. The molecule has 0 spiro atoms. The van der Waals surface area contributed by atoms with E-state index in [0.29, 0.717) is 20.6 Å². The summed E-state index contributed by atoms with van der Waals surface area (Å²) in [6, 6.07) is 11.0. The number of carbonyl (C=O) groups is 2. The Balaban J connectivity index is 1.93. The third-order valence-corrected chi connectivity index (χ3v) is 5.04. The zero-order chi connectivity index (χ0) is 16.6. The largest absolute Gasteiger partial charge is 0.545 e. The highest BCUT2D eigenvalue weighted by atomic mass is 35.5. The second-order valence-corrected chi connectivity index (χ2v) is 6.57. The van der Waals surface area contributed by atoms with E-state index in [1.165, 1.54) is 29.5 Å². The second-order valence-electron chi connectivity index (χ2n) is 4.71. The first kappa shape index (κ1) is 15.8. The monoisotopic (exact) mass is 364 g/mol. The van der Waals surface area contributed by atoms with Crippen LogP contribution in [0.1, 0.15) is 20.0 Å². The van der Waals surface area contributed by atoms with E-state index in [4.69, 9.17) is 23.2 Å². The number of benzene rings is 2. The predicted octanol–water partition coefficient (Wildman–Crippen LogP) is 3.82. The predicted molar refractivity (Wildman–Crippen MR) is 90.6 cm³/mol. The standard InChI is InChI=1S/C16H9Cl2NO3S/c17-9-4-5-11-12(7-9)23-14(13(11)18)15(20)19-10-3-1-2-8(6-10)16(21)22/h1-7H,(H,19,20)(H,21,22)/p-1. The molecule has 7 heteroatoms. The van der Waals surface area contributed by atoms with Gasteiger partial charge in [-0.15, -0.1) is 11.3 Å². The number of amides is 1. The second kappa shape index (κ2) is 6.20. The van der Waals surface area contributed by atoms with Gasteiger partial charge < -0.3 is 15.2 Å². The van der Waals surface area contributed by atoms with Crippen LogP contribution in [0.4, 0.5) is 5.69 Å². The molecule has 1 heterocycles. The quantitative estimate of drug-likeness (QED) is 0.767. The van der Waals surface area contributed by atoms with Crippen LogP contribution in [0.5, 0.6) is 0 Å². The summed E-state index contributed by atoms with van der Waals surface area (Å²) in [6.45, 7) is 0. The number of nitrogens with one attached hydrogen (secondary N) is 1. The van der Waals surface area contributed by atoms with Gasteiger partial charge in [0.2, 0.25) is 0 Å². The highest BCUT2D eigenvalue weighted by Gasteiger charge is 2.17. The number of hydrogen-bond acceptors (Lipinski definition) is 4. The molecule has 0 radical (unpaired) electrons. The van der Waals surface area contributed by atoms with Gasteiger partial charge in [0.25, 0.3) is 5.91 Å². The van der Waals surface area contributed by atoms with Gasteiger partial charge >= 0.3 is 0 Å². The van der Waals surface area contributed by atoms with Crippen molar-refractivity contribution in [3.8, 4) is 0 Å². The first-order valence-electron chi connectivity index (χ1n) is 6.46. The molecular weight excluding hydrogens is 357 g/mol. The lowest BCUT2D eigenvalue weighted by atomic mass is 10.2. The average Bonchev–Trinajstić information content (AvgIpc) is 2.84. The molecule has 1 aromatic heterocycles. The van der Waals surface area contributed by atoms with Crippen LogP contribution in [-0.2, 0) is 0 Å². The fourth-order valence-electron chi connectivity index (χ4n) is 2.10. The number of aromatic carboxylic acids is 1. The Labute approximate surface area is 145 Å². The lowest BCUT2D eigenvalue weighted by Gasteiger charge is -2.07. The van der Waals surface area contributed by atoms with Crippen LogP contribution in [0, 0.1) is 0 Å². The molecule has 23 heavy (non-hydrogen) atoms. The van der Waals surface area contributed by atoms with E-state index in [1.807, 2.05) is 0 Å². The van der Waals surface area contributed by atoms with E-state index >= 15 is 0 Å². The Bertz CT molecular complexity index is 936. The summed E-state index contributed by atoms with van der Waals surface area (Å²) in [7, 11) is 0. The molecule has 0 fully saturated rings. The molecule has 116 valence electrons. The number of fused-ring (bicyclic) bond motifs is 1. The third-order valence-electron chi connectivity index (χ3n) is 3.15. The first-order valence-corrected chi connectivity index (χ1v) is 8.03. The molecule has 0 unspecified atom stereocenters. The summed E-state index contributed by atoms with van der Waals surface area (Å²) in [6.07, 6.45) is 0. The molecule has 3 rings (SSSR count). The minimum Gasteiger partial charge on any atom is -0.545 e. The number of anilines is 1. The van der Waals surface area contributed by atoms with Crippen molar-refractivity contribution < 1.29 is 14.7 Å². The van der Waals surface area contributed by atoms with E-state index in [-0.39, 0.29) is 5.56 Å². The van der Waals surface area contributed by atoms with Gasteiger partial charge in [-0.25, -0.2) is 0 Å². The van der Waals surface area contributed by atoms with Gasteiger partial charge in [-0.1, -0.05) is 41.4 Å². The fraction of sp³-hybridized carbons (Fsp3) is 0. The van der Waals surface area contributed by atoms with Crippen molar-refractivity contribution in [3.63, 3.8) is 0 Å². The molecule has 0 saturated heterocycles. The van der Waals surface area contributed by atoms with Crippen LogP contribution in [0.15, 0.2) is 42.5 Å². The van der Waals surface area contributed by atoms with Gasteiger partial charge in [-0.3, -0.25) is 4.79 Å². The number of thiophene rings is 1. The molecule has 0 aliphatic heterocycles. The van der Waals surface area contributed by atoms with Crippen LogP contribution in [0.25, 0.3) is 10.1 Å². The summed E-state index contributed by atoms with van der Waals surface area (Å²) in [5.41, 5.74) is 0.334. The van der Waals surface area contributed by atoms with Gasteiger partial charge in [0.15, 0.2) is 0 Å². The van der Waals surface area contributed by atoms with E-state index in [9.17, 15) is 14.7 Å². The van der Waals surface area contributed by atoms with E-state index in [0.717, 1.165) is 10.1 Å². The smallest absolute Gasteiger partial charge is 0.267 e. The molecule has 0 saturated carbocycles. The number of carbonyl (C=O) groups excluding carboxylic acids is 2. The summed E-state index contributed by atoms with van der Waals surface area (Å²) in [5.74, 6) is -1.72. The van der Waals surface area contributed by atoms with Crippen LogP contribution in [0.2, 0.25) is 10.0 Å². The van der Waals surface area contributed by atoms with Crippen molar-refractivity contribution in [2.24, 2.45) is 0 Å². The lowest BCUT2D eigenvalue weighted by Crippen LogP contribution is -2.22. The minimum atomic E-state index is -1.31. The first-order chi connectivity index (χ1) is 11.0. The summed E-state index contributed by atoms with van der Waals surface area (Å²) < 4.78 is 0.802. The molecule has 1 amide bonds. The summed E-state index contributed by atoms with van der Waals surface area (Å²) in [5, 5.41) is 15.1. The van der Waals surface area contributed by atoms with Gasteiger partial charge in [-0.05, 0) is 29.8 Å². The highest BCUT2D eigenvalue weighted by Crippen LogP contribution is 2.37. The average molecular weight is 365 g/mol. The van der Waals surface area contributed by atoms with Gasteiger partial charge in [0, 0.05) is 20.8 Å². The minimum absolute atomic E-state index is 0.0166. The van der Waals surface area contributed by atoms with Crippen molar-refractivity contribution in [3.05, 3.63) is 63.0 Å². The maximum Gasteiger partial charge on any atom is 0.267 e. The number of halogens is 2. The van der Waals surface area contributed by atoms with Crippen molar-refractivity contribution in [2.45, 2.75) is 0 Å². The normalized spacial score (nSPS) is 10.7. The van der Waals surface area contributed by atoms with Gasteiger partial charge in [0.05, 0.1) is 11.0 Å². The van der Waals surface area contributed by atoms with E-state index in [1.54, 1.807) is 24.3 Å². The molecule has 0 aliphatic rings. The Morgan fingerprint density at radius 1 is 1.09 bits per heavy atom.